The van der Waals surface area contributed by atoms with Crippen LogP contribution in [-0.2, 0) is 11.8 Å². The zero-order chi connectivity index (χ0) is 10.0. The molecule has 0 atom stereocenters. The van der Waals surface area contributed by atoms with Gasteiger partial charge in [0.15, 0.2) is 11.5 Å². The van der Waals surface area contributed by atoms with Crippen LogP contribution in [0.4, 0.5) is 0 Å². The van der Waals surface area contributed by atoms with Crippen LogP contribution < -0.4 is 0 Å². The van der Waals surface area contributed by atoms with Gasteiger partial charge in [0.2, 0.25) is 0 Å². The van der Waals surface area contributed by atoms with Gasteiger partial charge in [0, 0.05) is 20.0 Å². The second kappa shape index (κ2) is 3.38. The number of rotatable bonds is 2. The van der Waals surface area contributed by atoms with E-state index in [1.165, 1.54) is 24.8 Å². The molecule has 0 aliphatic rings. The third kappa shape index (κ3) is 1.74. The number of methoxy groups -OCH3 is 1. The second-order valence-electron chi connectivity index (χ2n) is 2.59. The molecule has 1 heterocycles. The average Bonchev–Trinajstić information content (AvgIpc) is 2.46. The fourth-order valence-electron chi connectivity index (χ4n) is 1.00. The predicted molar refractivity (Wildman–Crippen MR) is 44.6 cm³/mol. The van der Waals surface area contributed by atoms with Crippen LogP contribution in [0.15, 0.2) is 6.07 Å². The molecular formula is C8H10N2O3. The number of nitrogens with zero attached hydrogens (tertiary/aromatic N) is 2. The van der Waals surface area contributed by atoms with Crippen LogP contribution in [0.2, 0.25) is 0 Å². The highest BCUT2D eigenvalue weighted by Gasteiger charge is 2.14. The summed E-state index contributed by atoms with van der Waals surface area (Å²) >= 11 is 0. The topological polar surface area (TPSA) is 61.2 Å². The maximum atomic E-state index is 11.0. The van der Waals surface area contributed by atoms with Gasteiger partial charge >= 0.3 is 5.97 Å². The van der Waals surface area contributed by atoms with Crippen molar-refractivity contribution < 1.29 is 14.3 Å². The zero-order valence-corrected chi connectivity index (χ0v) is 7.70. The van der Waals surface area contributed by atoms with Gasteiger partial charge in [-0.25, -0.2) is 4.79 Å². The maximum Gasteiger partial charge on any atom is 0.358 e. The Kier molecular flexibility index (Phi) is 2.46. The molecule has 1 aromatic heterocycles. The van der Waals surface area contributed by atoms with Gasteiger partial charge in [-0.1, -0.05) is 0 Å². The first-order valence-electron chi connectivity index (χ1n) is 3.69. The van der Waals surface area contributed by atoms with E-state index in [2.05, 4.69) is 9.84 Å². The van der Waals surface area contributed by atoms with E-state index in [-0.39, 0.29) is 11.5 Å². The highest BCUT2D eigenvalue weighted by molar-refractivity contribution is 5.95. The van der Waals surface area contributed by atoms with Gasteiger partial charge in [0.05, 0.1) is 7.11 Å². The summed E-state index contributed by atoms with van der Waals surface area (Å²) in [6, 6.07) is 1.41. The first-order chi connectivity index (χ1) is 6.06. The summed E-state index contributed by atoms with van der Waals surface area (Å²) in [7, 11) is 2.87. The van der Waals surface area contributed by atoms with Crippen LogP contribution in [0.5, 0.6) is 0 Å². The third-order valence-corrected chi connectivity index (χ3v) is 1.64. The summed E-state index contributed by atoms with van der Waals surface area (Å²) in [5.41, 5.74) is 0.538. The molecule has 70 valence electrons. The lowest BCUT2D eigenvalue weighted by molar-refractivity contribution is 0.0593. The number of aromatic nitrogens is 2. The van der Waals surface area contributed by atoms with Crippen molar-refractivity contribution in [2.45, 2.75) is 6.92 Å². The molecule has 0 saturated heterocycles. The van der Waals surface area contributed by atoms with Crippen LogP contribution >= 0.6 is 0 Å². The summed E-state index contributed by atoms with van der Waals surface area (Å²) < 4.78 is 5.81. The minimum Gasteiger partial charge on any atom is -0.464 e. The lowest BCUT2D eigenvalue weighted by atomic mass is 10.3. The molecule has 13 heavy (non-hydrogen) atoms. The highest BCUT2D eigenvalue weighted by atomic mass is 16.5. The Labute approximate surface area is 75.3 Å². The zero-order valence-electron chi connectivity index (χ0n) is 7.70. The Morgan fingerprint density at radius 1 is 1.54 bits per heavy atom. The average molecular weight is 182 g/mol. The lowest BCUT2D eigenvalue weighted by Gasteiger charge is -1.92. The van der Waals surface area contributed by atoms with E-state index in [1.807, 2.05) is 0 Å². The van der Waals surface area contributed by atoms with E-state index in [4.69, 9.17) is 0 Å². The van der Waals surface area contributed by atoms with Crippen LogP contribution in [-0.4, -0.2) is 28.6 Å². The fraction of sp³-hybridized carbons (Fsp3) is 0.375. The number of hydrogen-bond acceptors (Lipinski definition) is 4. The molecule has 0 unspecified atom stereocenters. The molecule has 0 bridgehead atoms. The van der Waals surface area contributed by atoms with E-state index < -0.39 is 5.97 Å². The molecule has 0 fully saturated rings. The standard InChI is InChI=1S/C8H10N2O3/c1-5(11)7-4-6(8(12)13-3)9-10(7)2/h4H,1-3H3. The molecule has 1 aromatic rings. The normalized spacial score (nSPS) is 9.77. The first kappa shape index (κ1) is 9.44. The number of carbonyl (C=O) groups excluding carboxylic acids is 2. The number of Topliss-reactive ketones (excluding diaryl/α,β-unsaturated/α-hetero) is 1. The Hall–Kier alpha value is -1.65. The number of aryl methyl sites for hydroxylation is 1. The molecule has 0 spiro atoms. The molecule has 0 amide bonds. The molecule has 1 rings (SSSR count). The Morgan fingerprint density at radius 3 is 2.54 bits per heavy atom. The van der Waals surface area contributed by atoms with E-state index in [1.54, 1.807) is 7.05 Å². The Morgan fingerprint density at radius 2 is 2.15 bits per heavy atom. The molecule has 0 N–H and O–H groups in total. The van der Waals surface area contributed by atoms with Crippen molar-refractivity contribution in [3.05, 3.63) is 17.5 Å². The number of ketones is 1. The van der Waals surface area contributed by atoms with Gasteiger partial charge in [0.1, 0.15) is 5.69 Å². The van der Waals surface area contributed by atoms with Gasteiger partial charge < -0.3 is 4.74 Å². The van der Waals surface area contributed by atoms with Crippen molar-refractivity contribution >= 4 is 11.8 Å². The monoisotopic (exact) mass is 182 g/mol. The number of ether oxygens (including phenoxy) is 1. The van der Waals surface area contributed by atoms with E-state index >= 15 is 0 Å². The van der Waals surface area contributed by atoms with Crippen molar-refractivity contribution in [2.24, 2.45) is 7.05 Å². The molecular weight excluding hydrogens is 172 g/mol. The highest BCUT2D eigenvalue weighted by Crippen LogP contribution is 2.04. The summed E-state index contributed by atoms with van der Waals surface area (Å²) in [5.74, 6) is -0.673. The van der Waals surface area contributed by atoms with Crippen LogP contribution in [0, 0.1) is 0 Å². The molecule has 0 aliphatic carbocycles. The van der Waals surface area contributed by atoms with Crippen LogP contribution in [0.25, 0.3) is 0 Å². The van der Waals surface area contributed by atoms with Gasteiger partial charge in [-0.15, -0.1) is 0 Å². The summed E-state index contributed by atoms with van der Waals surface area (Å²) in [6.07, 6.45) is 0. The van der Waals surface area contributed by atoms with Crippen molar-refractivity contribution in [1.29, 1.82) is 0 Å². The van der Waals surface area contributed by atoms with E-state index in [0.29, 0.717) is 5.69 Å². The van der Waals surface area contributed by atoms with E-state index in [0.717, 1.165) is 0 Å². The van der Waals surface area contributed by atoms with Gasteiger partial charge in [0.25, 0.3) is 0 Å². The summed E-state index contributed by atoms with van der Waals surface area (Å²) in [6.45, 7) is 1.41. The van der Waals surface area contributed by atoms with Crippen molar-refractivity contribution in [3.63, 3.8) is 0 Å². The van der Waals surface area contributed by atoms with Gasteiger partial charge in [-0.05, 0) is 0 Å². The molecule has 0 aromatic carbocycles. The quantitative estimate of drug-likeness (QED) is 0.491. The first-order valence-corrected chi connectivity index (χ1v) is 3.69. The summed E-state index contributed by atoms with van der Waals surface area (Å²) in [4.78, 5) is 22.0. The molecule has 5 nitrogen and oxygen atoms in total. The number of hydrogen-bond donors (Lipinski definition) is 0. The molecule has 0 radical (unpaired) electrons. The van der Waals surface area contributed by atoms with Crippen LogP contribution in [0.3, 0.4) is 0 Å². The molecule has 5 heteroatoms. The Bertz CT molecular complexity index is 354. The minimum atomic E-state index is -0.539. The maximum absolute atomic E-state index is 11.0. The predicted octanol–water partition coefficient (Wildman–Crippen LogP) is 0.409. The lowest BCUT2D eigenvalue weighted by Crippen LogP contribution is -2.04. The van der Waals surface area contributed by atoms with Gasteiger partial charge in [-0.3, -0.25) is 9.48 Å². The van der Waals surface area contributed by atoms with Crippen LogP contribution in [0.1, 0.15) is 27.9 Å². The fourth-order valence-corrected chi connectivity index (χ4v) is 1.00. The van der Waals surface area contributed by atoms with Crippen molar-refractivity contribution in [3.8, 4) is 0 Å². The largest absolute Gasteiger partial charge is 0.464 e. The SMILES string of the molecule is COC(=O)c1cc(C(C)=O)n(C)n1. The Balaban J connectivity index is 3.09. The molecule has 0 saturated carbocycles. The third-order valence-electron chi connectivity index (χ3n) is 1.64. The summed E-state index contributed by atoms with van der Waals surface area (Å²) in [5, 5.41) is 3.82. The van der Waals surface area contributed by atoms with Crippen molar-refractivity contribution in [1.82, 2.24) is 9.78 Å². The minimum absolute atomic E-state index is 0.134. The second-order valence-corrected chi connectivity index (χ2v) is 2.59. The van der Waals surface area contributed by atoms with E-state index in [9.17, 15) is 9.59 Å². The number of esters is 1. The molecule has 0 aliphatic heterocycles. The smallest absolute Gasteiger partial charge is 0.358 e. The van der Waals surface area contributed by atoms with Crippen molar-refractivity contribution in [2.75, 3.05) is 7.11 Å². The van der Waals surface area contributed by atoms with Gasteiger partial charge in [-0.2, -0.15) is 5.10 Å². The number of carbonyl (C=O) groups is 2.